The second-order valence-corrected chi connectivity index (χ2v) is 9.43. The molecule has 4 aromatic rings. The number of aromatic nitrogens is 3. The highest BCUT2D eigenvalue weighted by molar-refractivity contribution is 7.11. The number of nitrogens with one attached hydrogen (secondary N) is 1. The third kappa shape index (κ3) is 4.15. The number of benzene rings is 1. The van der Waals surface area contributed by atoms with Crippen molar-refractivity contribution in [2.24, 2.45) is 0 Å². The van der Waals surface area contributed by atoms with E-state index in [1.807, 2.05) is 49.6 Å². The molecule has 0 atom stereocenters. The third-order valence-corrected chi connectivity index (χ3v) is 7.25. The SMILES string of the molecule is [C-]#[N+]C(=C1CCN(C(=O)C(=O)c2c[nH]c3c(C)ncc(C)c23)CC1)c1nc(-c2ccccc2)cs1. The van der Waals surface area contributed by atoms with Crippen molar-refractivity contribution in [1.82, 2.24) is 19.9 Å². The zero-order valence-electron chi connectivity index (χ0n) is 19.5. The first-order valence-corrected chi connectivity index (χ1v) is 12.2. The van der Waals surface area contributed by atoms with E-state index in [9.17, 15) is 9.59 Å². The van der Waals surface area contributed by atoms with Gasteiger partial charge in [-0.3, -0.25) is 14.6 Å². The maximum atomic E-state index is 13.1. The number of carbonyl (C=O) groups excluding carboxylic acids is 2. The van der Waals surface area contributed by atoms with Crippen molar-refractivity contribution < 1.29 is 9.59 Å². The minimum atomic E-state index is -0.518. The van der Waals surface area contributed by atoms with Gasteiger partial charge in [0.1, 0.15) is 5.01 Å². The Morgan fingerprint density at radius 3 is 2.60 bits per heavy atom. The summed E-state index contributed by atoms with van der Waals surface area (Å²) in [6, 6.07) is 9.88. The summed E-state index contributed by atoms with van der Waals surface area (Å²) in [5.74, 6) is -1.03. The maximum absolute atomic E-state index is 13.1. The number of ketones is 1. The molecule has 174 valence electrons. The molecule has 0 aliphatic carbocycles. The largest absolute Gasteiger partial charge is 0.359 e. The van der Waals surface area contributed by atoms with Gasteiger partial charge < -0.3 is 9.88 Å². The molecule has 3 aromatic heterocycles. The molecule has 35 heavy (non-hydrogen) atoms. The van der Waals surface area contributed by atoms with E-state index in [1.54, 1.807) is 17.3 Å². The topological polar surface area (TPSA) is 83.3 Å². The monoisotopic (exact) mass is 481 g/mol. The fourth-order valence-corrected chi connectivity index (χ4v) is 5.36. The smallest absolute Gasteiger partial charge is 0.295 e. The van der Waals surface area contributed by atoms with E-state index in [-0.39, 0.29) is 0 Å². The fourth-order valence-electron chi connectivity index (χ4n) is 4.50. The number of nitrogens with zero attached hydrogens (tertiary/aromatic N) is 4. The van der Waals surface area contributed by atoms with Crippen LogP contribution >= 0.6 is 11.3 Å². The molecule has 0 radical (unpaired) electrons. The highest BCUT2D eigenvalue weighted by atomic mass is 32.1. The number of aromatic amines is 1. The van der Waals surface area contributed by atoms with Gasteiger partial charge >= 0.3 is 0 Å². The van der Waals surface area contributed by atoms with Crippen molar-refractivity contribution in [2.45, 2.75) is 26.7 Å². The molecular weight excluding hydrogens is 458 g/mol. The molecule has 5 rings (SSSR count). The van der Waals surface area contributed by atoms with Gasteiger partial charge in [0.05, 0.1) is 29.0 Å². The molecule has 1 aromatic carbocycles. The average Bonchev–Trinajstić information content (AvgIpc) is 3.56. The summed E-state index contributed by atoms with van der Waals surface area (Å²) < 4.78 is 0. The number of H-pyrrole nitrogens is 1. The van der Waals surface area contributed by atoms with Crippen LogP contribution in [0.2, 0.25) is 0 Å². The number of amides is 1. The van der Waals surface area contributed by atoms with E-state index in [1.165, 1.54) is 11.3 Å². The van der Waals surface area contributed by atoms with Gasteiger partial charge in [0.2, 0.25) is 5.70 Å². The fraction of sp³-hybridized carbons (Fsp3) is 0.222. The van der Waals surface area contributed by atoms with Gasteiger partial charge in [-0.25, -0.2) is 9.83 Å². The van der Waals surface area contributed by atoms with Crippen LogP contribution in [0.3, 0.4) is 0 Å². The van der Waals surface area contributed by atoms with Crippen molar-refractivity contribution in [3.05, 3.63) is 86.9 Å². The van der Waals surface area contributed by atoms with E-state index in [4.69, 9.17) is 11.6 Å². The highest BCUT2D eigenvalue weighted by Crippen LogP contribution is 2.33. The molecule has 1 aliphatic heterocycles. The second-order valence-electron chi connectivity index (χ2n) is 8.57. The molecule has 4 heterocycles. The van der Waals surface area contributed by atoms with Gasteiger partial charge in [0.25, 0.3) is 11.7 Å². The number of piperidine rings is 1. The first-order valence-electron chi connectivity index (χ1n) is 11.4. The molecular formula is C27H23N5O2S. The molecule has 0 saturated carbocycles. The molecule has 1 amide bonds. The van der Waals surface area contributed by atoms with Gasteiger partial charge in [-0.05, 0) is 32.3 Å². The molecule has 0 unspecified atom stereocenters. The van der Waals surface area contributed by atoms with Crippen LogP contribution in [0.5, 0.6) is 0 Å². The van der Waals surface area contributed by atoms with Crippen LogP contribution in [-0.2, 0) is 4.79 Å². The standard InChI is InChI=1S/C27H23N5O2S/c1-16-13-29-17(2)23-22(16)20(14-30-23)25(33)27(34)32-11-9-19(10-12-32)24(28-3)26-31-21(15-35-26)18-7-5-4-6-8-18/h4-8,13-15,30H,9-12H2,1-2H3. The summed E-state index contributed by atoms with van der Waals surface area (Å²) in [5.41, 5.74) is 6.21. The van der Waals surface area contributed by atoms with Gasteiger partial charge in [-0.2, -0.15) is 0 Å². The van der Waals surface area contributed by atoms with Gasteiger partial charge in [-0.15, -0.1) is 11.3 Å². The van der Waals surface area contributed by atoms with Gasteiger partial charge in [-0.1, -0.05) is 35.9 Å². The number of hydrogen-bond donors (Lipinski definition) is 1. The molecule has 1 N–H and O–H groups in total. The Labute approximate surface area is 207 Å². The summed E-state index contributed by atoms with van der Waals surface area (Å²) in [6.07, 6.45) is 4.42. The van der Waals surface area contributed by atoms with Crippen LogP contribution in [-0.4, -0.2) is 44.6 Å². The summed E-state index contributed by atoms with van der Waals surface area (Å²) in [5, 5.41) is 3.42. The number of Topliss-reactive ketones (excluding diaryl/α,β-unsaturated/α-hetero) is 1. The van der Waals surface area contributed by atoms with Crippen LogP contribution in [0.25, 0.3) is 32.7 Å². The van der Waals surface area contributed by atoms with E-state index in [0.717, 1.165) is 39.0 Å². The van der Waals surface area contributed by atoms with Crippen LogP contribution in [0.1, 0.15) is 39.5 Å². The van der Waals surface area contributed by atoms with Crippen molar-refractivity contribution in [3.8, 4) is 11.3 Å². The van der Waals surface area contributed by atoms with E-state index in [0.29, 0.717) is 42.2 Å². The molecule has 7 nitrogen and oxygen atoms in total. The molecule has 0 spiro atoms. The Morgan fingerprint density at radius 1 is 1.14 bits per heavy atom. The first-order chi connectivity index (χ1) is 17.0. The normalized spacial score (nSPS) is 13.6. The summed E-state index contributed by atoms with van der Waals surface area (Å²) in [4.78, 5) is 43.7. The summed E-state index contributed by atoms with van der Waals surface area (Å²) in [7, 11) is 0. The Kier molecular flexibility index (Phi) is 6.01. The molecule has 0 bridgehead atoms. The first kappa shape index (κ1) is 22.7. The Morgan fingerprint density at radius 2 is 1.89 bits per heavy atom. The lowest BCUT2D eigenvalue weighted by Crippen LogP contribution is -2.40. The molecule has 8 heteroatoms. The van der Waals surface area contributed by atoms with Crippen LogP contribution in [0.4, 0.5) is 0 Å². The number of likely N-dealkylation sites (tertiary alicyclic amines) is 1. The zero-order valence-corrected chi connectivity index (χ0v) is 20.3. The van der Waals surface area contributed by atoms with Crippen molar-refractivity contribution >= 4 is 39.6 Å². The lowest BCUT2D eigenvalue weighted by atomic mass is 10.00. The van der Waals surface area contributed by atoms with Crippen molar-refractivity contribution in [3.63, 3.8) is 0 Å². The predicted molar refractivity (Wildman–Crippen MR) is 137 cm³/mol. The number of fused-ring (bicyclic) bond motifs is 1. The lowest BCUT2D eigenvalue weighted by Gasteiger charge is -2.28. The van der Waals surface area contributed by atoms with Crippen LogP contribution in [0, 0.1) is 20.4 Å². The summed E-state index contributed by atoms with van der Waals surface area (Å²) in [6.45, 7) is 12.3. The predicted octanol–water partition coefficient (Wildman–Crippen LogP) is 5.44. The van der Waals surface area contributed by atoms with Gasteiger partial charge in [0, 0.05) is 41.8 Å². The Hall–Kier alpha value is -4.09. The Bertz CT molecular complexity index is 1510. The van der Waals surface area contributed by atoms with Gasteiger partial charge in [0.15, 0.2) is 0 Å². The average molecular weight is 482 g/mol. The third-order valence-electron chi connectivity index (χ3n) is 6.40. The lowest BCUT2D eigenvalue weighted by molar-refractivity contribution is -0.126. The zero-order chi connectivity index (χ0) is 24.5. The second kappa shape index (κ2) is 9.28. The number of rotatable bonds is 4. The van der Waals surface area contributed by atoms with E-state index < -0.39 is 11.7 Å². The molecule has 1 fully saturated rings. The number of carbonyl (C=O) groups is 2. The van der Waals surface area contributed by atoms with Crippen molar-refractivity contribution in [2.75, 3.05) is 13.1 Å². The Balaban J connectivity index is 1.33. The minimum Gasteiger partial charge on any atom is -0.359 e. The number of aryl methyl sites for hydroxylation is 2. The van der Waals surface area contributed by atoms with Crippen molar-refractivity contribution in [1.29, 1.82) is 0 Å². The van der Waals surface area contributed by atoms with E-state index >= 15 is 0 Å². The van der Waals surface area contributed by atoms with Crippen LogP contribution < -0.4 is 0 Å². The summed E-state index contributed by atoms with van der Waals surface area (Å²) >= 11 is 1.46. The highest BCUT2D eigenvalue weighted by Gasteiger charge is 2.29. The maximum Gasteiger partial charge on any atom is 0.295 e. The molecule has 1 saturated heterocycles. The molecule has 1 aliphatic rings. The number of hydrogen-bond acceptors (Lipinski definition) is 5. The number of pyridine rings is 1. The number of thiazole rings is 1. The van der Waals surface area contributed by atoms with E-state index in [2.05, 4.69) is 14.8 Å². The quantitative estimate of drug-likeness (QED) is 0.239. The van der Waals surface area contributed by atoms with Crippen LogP contribution in [0.15, 0.2) is 53.7 Å². The minimum absolute atomic E-state index is 0.382.